The summed E-state index contributed by atoms with van der Waals surface area (Å²) < 4.78 is 6.68. The van der Waals surface area contributed by atoms with Gasteiger partial charge in [0.25, 0.3) is 0 Å². The van der Waals surface area contributed by atoms with Crippen molar-refractivity contribution < 1.29 is 9.53 Å². The van der Waals surface area contributed by atoms with Crippen LogP contribution in [-0.4, -0.2) is 12.4 Å². The number of Topliss-reactive ketones (excluding diaryl/α,β-unsaturated/α-hetero) is 1. The summed E-state index contributed by atoms with van der Waals surface area (Å²) in [6.45, 7) is 0.695. The van der Waals surface area contributed by atoms with Crippen LogP contribution in [0.5, 0.6) is 5.75 Å². The van der Waals surface area contributed by atoms with E-state index in [0.717, 1.165) is 26.9 Å². The number of fused-ring (bicyclic) bond motifs is 1. The Kier molecular flexibility index (Phi) is 4.05. The zero-order chi connectivity index (χ0) is 13.9. The highest BCUT2D eigenvalue weighted by Crippen LogP contribution is 2.36. The number of benzene rings is 2. The van der Waals surface area contributed by atoms with Gasteiger partial charge in [-0.2, -0.15) is 0 Å². The fourth-order valence-electron chi connectivity index (χ4n) is 2.65. The van der Waals surface area contributed by atoms with Crippen molar-refractivity contribution in [3.63, 3.8) is 0 Å². The van der Waals surface area contributed by atoms with Gasteiger partial charge in [0.15, 0.2) is 5.78 Å². The molecule has 1 aliphatic rings. The van der Waals surface area contributed by atoms with Crippen molar-refractivity contribution in [3.8, 4) is 5.75 Å². The summed E-state index contributed by atoms with van der Waals surface area (Å²) in [5.41, 5.74) is 2.00. The van der Waals surface area contributed by atoms with E-state index < -0.39 is 0 Å². The van der Waals surface area contributed by atoms with Crippen LogP contribution in [0.1, 0.15) is 34.7 Å². The molecular formula is C17H15IO2. The van der Waals surface area contributed by atoms with E-state index in [1.165, 1.54) is 0 Å². The molecule has 1 aliphatic heterocycles. The Morgan fingerprint density at radius 2 is 1.90 bits per heavy atom. The van der Waals surface area contributed by atoms with Crippen molar-refractivity contribution in [3.05, 3.63) is 63.2 Å². The number of halogens is 1. The van der Waals surface area contributed by atoms with Gasteiger partial charge in [-0.3, -0.25) is 4.79 Å². The number of hydrogen-bond acceptors (Lipinski definition) is 2. The summed E-state index contributed by atoms with van der Waals surface area (Å²) in [5, 5.41) is 0. The normalized spacial score (nSPS) is 17.1. The fraction of sp³-hybridized carbons (Fsp3) is 0.235. The van der Waals surface area contributed by atoms with Crippen molar-refractivity contribution in [1.29, 1.82) is 0 Å². The molecule has 1 heterocycles. The molecule has 0 radical (unpaired) electrons. The van der Waals surface area contributed by atoms with E-state index in [-0.39, 0.29) is 11.7 Å². The minimum atomic E-state index is 0.219. The lowest BCUT2D eigenvalue weighted by atomic mass is 9.87. The third kappa shape index (κ3) is 2.73. The molecule has 2 aromatic rings. The van der Waals surface area contributed by atoms with E-state index >= 15 is 0 Å². The number of ether oxygens (including phenoxy) is 1. The number of ketones is 1. The second-order valence-electron chi connectivity index (χ2n) is 4.98. The second kappa shape index (κ2) is 5.95. The van der Waals surface area contributed by atoms with E-state index in [4.69, 9.17) is 4.74 Å². The van der Waals surface area contributed by atoms with Gasteiger partial charge >= 0.3 is 0 Å². The molecule has 0 fully saturated rings. The van der Waals surface area contributed by atoms with Gasteiger partial charge in [-0.05, 0) is 52.6 Å². The lowest BCUT2D eigenvalue weighted by molar-refractivity contribution is 0.0965. The third-order valence-electron chi connectivity index (χ3n) is 3.69. The molecule has 0 N–H and O–H groups in total. The van der Waals surface area contributed by atoms with Gasteiger partial charge in [-0.1, -0.05) is 36.4 Å². The van der Waals surface area contributed by atoms with E-state index in [1.54, 1.807) is 0 Å². The van der Waals surface area contributed by atoms with Crippen LogP contribution in [-0.2, 0) is 0 Å². The number of rotatable bonds is 3. The molecule has 2 nitrogen and oxygen atoms in total. The number of hydrogen-bond donors (Lipinski definition) is 0. The first-order chi connectivity index (χ1) is 9.75. The molecule has 102 valence electrons. The molecule has 0 spiro atoms. The van der Waals surface area contributed by atoms with Crippen molar-refractivity contribution in [1.82, 2.24) is 0 Å². The predicted molar refractivity (Wildman–Crippen MR) is 87.4 cm³/mol. The zero-order valence-corrected chi connectivity index (χ0v) is 13.2. The van der Waals surface area contributed by atoms with Crippen LogP contribution in [0.3, 0.4) is 0 Å². The van der Waals surface area contributed by atoms with Gasteiger partial charge in [-0.15, -0.1) is 0 Å². The molecule has 2 aromatic carbocycles. The van der Waals surface area contributed by atoms with Crippen LogP contribution in [0.15, 0.2) is 48.5 Å². The summed E-state index contributed by atoms with van der Waals surface area (Å²) in [5.74, 6) is 1.42. The summed E-state index contributed by atoms with van der Waals surface area (Å²) in [6.07, 6.45) is 1.46. The van der Waals surface area contributed by atoms with Crippen LogP contribution >= 0.6 is 22.6 Å². The van der Waals surface area contributed by atoms with Crippen LogP contribution in [0.4, 0.5) is 0 Å². The number of carbonyl (C=O) groups excluding carboxylic acids is 1. The molecule has 0 saturated carbocycles. The topological polar surface area (TPSA) is 26.3 Å². The van der Waals surface area contributed by atoms with Crippen LogP contribution < -0.4 is 4.74 Å². The van der Waals surface area contributed by atoms with Crippen LogP contribution in [0, 0.1) is 3.57 Å². The quantitative estimate of drug-likeness (QED) is 0.584. The standard InChI is InChI=1S/C17H15IO2/c18-15-7-3-1-6-14(15)16(19)11-12-9-10-20-17-8-4-2-5-13(12)17/h1-8,12H,9-11H2. The van der Waals surface area contributed by atoms with E-state index in [0.29, 0.717) is 13.0 Å². The van der Waals surface area contributed by atoms with Gasteiger partial charge in [0.1, 0.15) is 5.75 Å². The molecule has 0 aliphatic carbocycles. The Balaban J connectivity index is 1.83. The molecule has 1 unspecified atom stereocenters. The lowest BCUT2D eigenvalue weighted by Crippen LogP contribution is -2.17. The van der Waals surface area contributed by atoms with Gasteiger partial charge in [0.2, 0.25) is 0 Å². The van der Waals surface area contributed by atoms with Crippen molar-refractivity contribution in [2.45, 2.75) is 18.8 Å². The Bertz CT molecular complexity index is 636. The SMILES string of the molecule is O=C(CC1CCOc2ccccc21)c1ccccc1I. The number of para-hydroxylation sites is 1. The van der Waals surface area contributed by atoms with Crippen molar-refractivity contribution in [2.24, 2.45) is 0 Å². The van der Waals surface area contributed by atoms with Crippen molar-refractivity contribution >= 4 is 28.4 Å². The minimum Gasteiger partial charge on any atom is -0.493 e. The fourth-order valence-corrected chi connectivity index (χ4v) is 3.34. The molecule has 0 aromatic heterocycles. The molecule has 3 rings (SSSR count). The summed E-state index contributed by atoms with van der Waals surface area (Å²) in [4.78, 5) is 12.5. The molecule has 0 bridgehead atoms. The Morgan fingerprint density at radius 3 is 2.75 bits per heavy atom. The average molecular weight is 378 g/mol. The molecule has 20 heavy (non-hydrogen) atoms. The van der Waals surface area contributed by atoms with Gasteiger partial charge in [-0.25, -0.2) is 0 Å². The maximum absolute atomic E-state index is 12.5. The smallest absolute Gasteiger partial charge is 0.164 e. The Morgan fingerprint density at radius 1 is 1.15 bits per heavy atom. The predicted octanol–water partition coefficient (Wildman–Crippen LogP) is 4.43. The van der Waals surface area contributed by atoms with Gasteiger partial charge in [0.05, 0.1) is 6.61 Å². The minimum absolute atomic E-state index is 0.219. The highest BCUT2D eigenvalue weighted by atomic mass is 127. The summed E-state index contributed by atoms with van der Waals surface area (Å²) in [6, 6.07) is 15.8. The molecule has 0 saturated heterocycles. The Hall–Kier alpha value is -1.36. The van der Waals surface area contributed by atoms with E-state index in [1.807, 2.05) is 42.5 Å². The summed E-state index contributed by atoms with van der Waals surface area (Å²) >= 11 is 2.22. The summed E-state index contributed by atoms with van der Waals surface area (Å²) in [7, 11) is 0. The zero-order valence-electron chi connectivity index (χ0n) is 11.0. The molecule has 3 heteroatoms. The van der Waals surface area contributed by atoms with E-state index in [9.17, 15) is 4.79 Å². The lowest BCUT2D eigenvalue weighted by Gasteiger charge is -2.25. The van der Waals surface area contributed by atoms with Gasteiger partial charge in [0, 0.05) is 15.6 Å². The largest absolute Gasteiger partial charge is 0.493 e. The van der Waals surface area contributed by atoms with Crippen LogP contribution in [0.25, 0.3) is 0 Å². The molecular weight excluding hydrogens is 363 g/mol. The number of carbonyl (C=O) groups is 1. The monoisotopic (exact) mass is 378 g/mol. The van der Waals surface area contributed by atoms with Crippen molar-refractivity contribution in [2.75, 3.05) is 6.61 Å². The first-order valence-electron chi connectivity index (χ1n) is 6.75. The maximum atomic E-state index is 12.5. The third-order valence-corrected chi connectivity index (χ3v) is 4.63. The van der Waals surface area contributed by atoms with Gasteiger partial charge < -0.3 is 4.74 Å². The Labute approximate surface area is 132 Å². The first-order valence-corrected chi connectivity index (χ1v) is 7.83. The highest BCUT2D eigenvalue weighted by molar-refractivity contribution is 14.1. The maximum Gasteiger partial charge on any atom is 0.164 e. The average Bonchev–Trinajstić information content (AvgIpc) is 2.48. The second-order valence-corrected chi connectivity index (χ2v) is 6.14. The molecule has 1 atom stereocenters. The van der Waals surface area contributed by atoms with Crippen LogP contribution in [0.2, 0.25) is 0 Å². The highest BCUT2D eigenvalue weighted by Gasteiger charge is 2.24. The molecule has 0 amide bonds. The first kappa shape index (κ1) is 13.6. The van der Waals surface area contributed by atoms with E-state index in [2.05, 4.69) is 28.7 Å².